The third kappa shape index (κ3) is 3.67. The van der Waals surface area contributed by atoms with E-state index in [1.54, 1.807) is 17.0 Å². The van der Waals surface area contributed by atoms with Gasteiger partial charge in [0.1, 0.15) is 12.4 Å². The van der Waals surface area contributed by atoms with Gasteiger partial charge in [0.05, 0.1) is 0 Å². The Bertz CT molecular complexity index is 738. The molecule has 1 amide bonds. The zero-order valence-corrected chi connectivity index (χ0v) is 13.7. The van der Waals surface area contributed by atoms with E-state index in [-0.39, 0.29) is 18.3 Å². The van der Waals surface area contributed by atoms with Gasteiger partial charge in [-0.15, -0.1) is 10.2 Å². The minimum atomic E-state index is -0.319. The summed E-state index contributed by atoms with van der Waals surface area (Å²) in [5.41, 5.74) is 1.75. The molecule has 2 aromatic rings. The van der Waals surface area contributed by atoms with Gasteiger partial charge in [0.15, 0.2) is 0 Å². The molecule has 0 saturated heterocycles. The van der Waals surface area contributed by atoms with Crippen LogP contribution in [0.5, 0.6) is 0 Å². The van der Waals surface area contributed by atoms with Crippen LogP contribution in [0, 0.1) is 5.82 Å². The summed E-state index contributed by atoms with van der Waals surface area (Å²) in [5.74, 6) is 0.0112. The highest BCUT2D eigenvalue weighted by atomic mass is 19.1. The summed E-state index contributed by atoms with van der Waals surface area (Å²) in [6, 6.07) is 5.86. The van der Waals surface area contributed by atoms with Gasteiger partial charge in [-0.05, 0) is 62.1 Å². The molecule has 0 aliphatic heterocycles. The lowest BCUT2D eigenvalue weighted by Crippen LogP contribution is -2.34. The quantitative estimate of drug-likeness (QED) is 0.846. The Morgan fingerprint density at radius 1 is 1.29 bits per heavy atom. The van der Waals surface area contributed by atoms with Crippen molar-refractivity contribution in [3.63, 3.8) is 0 Å². The highest BCUT2D eigenvalue weighted by Gasteiger charge is 2.19. The first kappa shape index (κ1) is 16.3. The second kappa shape index (κ2) is 7.33. The summed E-state index contributed by atoms with van der Waals surface area (Å²) in [5, 5.41) is 12.1. The number of carbonyl (C=O) groups is 1. The number of carbonyl (C=O) groups excluding carboxylic acids is 1. The minimum absolute atomic E-state index is 0.0410. The average molecular weight is 329 g/mol. The van der Waals surface area contributed by atoms with Crippen molar-refractivity contribution in [1.29, 1.82) is 0 Å². The second-order valence-electron chi connectivity index (χ2n) is 5.73. The maximum atomic E-state index is 13.0. The molecule has 1 heterocycles. The topological polar surface area (TPSA) is 63.9 Å². The molecule has 24 heavy (non-hydrogen) atoms. The van der Waals surface area contributed by atoms with Gasteiger partial charge in [0.2, 0.25) is 11.7 Å². The van der Waals surface area contributed by atoms with E-state index in [9.17, 15) is 9.18 Å². The van der Waals surface area contributed by atoms with Crippen LogP contribution in [0.4, 0.5) is 4.39 Å². The van der Waals surface area contributed by atoms with Crippen LogP contribution in [0.15, 0.2) is 36.0 Å². The number of rotatable bonds is 5. The third-order valence-electron chi connectivity index (χ3n) is 4.06. The Morgan fingerprint density at radius 3 is 2.75 bits per heavy atom. The first-order valence-corrected chi connectivity index (χ1v) is 8.20. The van der Waals surface area contributed by atoms with Crippen molar-refractivity contribution >= 4 is 5.91 Å². The lowest BCUT2D eigenvalue weighted by Gasteiger charge is -2.26. The van der Waals surface area contributed by atoms with E-state index in [4.69, 9.17) is 0 Å². The van der Waals surface area contributed by atoms with Crippen molar-refractivity contribution < 1.29 is 9.18 Å². The molecule has 6 nitrogen and oxygen atoms in total. The molecule has 1 aliphatic carbocycles. The van der Waals surface area contributed by atoms with Gasteiger partial charge in [0, 0.05) is 17.8 Å². The molecule has 1 aromatic carbocycles. The number of tetrazole rings is 1. The third-order valence-corrected chi connectivity index (χ3v) is 4.06. The van der Waals surface area contributed by atoms with E-state index in [2.05, 4.69) is 21.5 Å². The summed E-state index contributed by atoms with van der Waals surface area (Å²) >= 11 is 0. The number of halogens is 1. The predicted octanol–water partition coefficient (Wildman–Crippen LogP) is 2.79. The number of allylic oxidation sites excluding steroid dienone is 2. The number of nitrogens with zero attached hydrogens (tertiary/aromatic N) is 5. The SMILES string of the molecule is CCN(C(=O)Cn1nnc(-c2ccc(F)cc2)n1)C1=CCCCC1. The summed E-state index contributed by atoms with van der Waals surface area (Å²) in [6.45, 7) is 2.63. The lowest BCUT2D eigenvalue weighted by atomic mass is 10.0. The fourth-order valence-electron chi connectivity index (χ4n) is 2.84. The lowest BCUT2D eigenvalue weighted by molar-refractivity contribution is -0.130. The fourth-order valence-corrected chi connectivity index (χ4v) is 2.84. The van der Waals surface area contributed by atoms with Gasteiger partial charge in [-0.2, -0.15) is 4.80 Å². The average Bonchev–Trinajstić information content (AvgIpc) is 3.05. The van der Waals surface area contributed by atoms with E-state index < -0.39 is 0 Å². The summed E-state index contributed by atoms with van der Waals surface area (Å²) < 4.78 is 13.0. The van der Waals surface area contributed by atoms with Crippen molar-refractivity contribution in [3.05, 3.63) is 41.9 Å². The Kier molecular flexibility index (Phi) is 4.98. The van der Waals surface area contributed by atoms with Gasteiger partial charge < -0.3 is 4.90 Å². The summed E-state index contributed by atoms with van der Waals surface area (Å²) in [4.78, 5) is 15.6. The van der Waals surface area contributed by atoms with Crippen LogP contribution >= 0.6 is 0 Å². The van der Waals surface area contributed by atoms with Gasteiger partial charge in [0.25, 0.3) is 0 Å². The second-order valence-corrected chi connectivity index (χ2v) is 5.73. The molecule has 0 fully saturated rings. The summed E-state index contributed by atoms with van der Waals surface area (Å²) in [7, 11) is 0. The molecule has 0 spiro atoms. The Hall–Kier alpha value is -2.57. The standard InChI is InChI=1S/C17H20FN5O/c1-2-22(15-6-4-3-5-7-15)16(24)12-23-20-17(19-21-23)13-8-10-14(18)11-9-13/h6,8-11H,2-5,7,12H2,1H3. The molecule has 0 radical (unpaired) electrons. The first-order chi connectivity index (χ1) is 11.7. The Balaban J connectivity index is 1.70. The maximum Gasteiger partial charge on any atom is 0.250 e. The predicted molar refractivity (Wildman–Crippen MR) is 87.1 cm³/mol. The molecule has 126 valence electrons. The molecular formula is C17H20FN5O. The molecule has 0 saturated carbocycles. The van der Waals surface area contributed by atoms with E-state index in [1.807, 2.05) is 6.92 Å². The van der Waals surface area contributed by atoms with Crippen LogP contribution in [0.1, 0.15) is 32.6 Å². The van der Waals surface area contributed by atoms with E-state index >= 15 is 0 Å². The molecule has 0 atom stereocenters. The van der Waals surface area contributed by atoms with Gasteiger partial charge in [-0.3, -0.25) is 4.79 Å². The number of benzene rings is 1. The fraction of sp³-hybridized carbons (Fsp3) is 0.412. The van der Waals surface area contributed by atoms with Crippen LogP contribution in [-0.2, 0) is 11.3 Å². The Morgan fingerprint density at radius 2 is 2.08 bits per heavy atom. The summed E-state index contributed by atoms with van der Waals surface area (Å²) in [6.07, 6.45) is 6.40. The maximum absolute atomic E-state index is 13.0. The normalized spacial score (nSPS) is 14.3. The van der Waals surface area contributed by atoms with Crippen molar-refractivity contribution in [2.75, 3.05) is 6.54 Å². The molecule has 3 rings (SSSR count). The highest BCUT2D eigenvalue weighted by molar-refractivity contribution is 5.77. The molecule has 0 bridgehead atoms. The van der Waals surface area contributed by atoms with Gasteiger partial charge in [-0.25, -0.2) is 4.39 Å². The molecular weight excluding hydrogens is 309 g/mol. The first-order valence-electron chi connectivity index (χ1n) is 8.20. The van der Waals surface area contributed by atoms with E-state index in [1.165, 1.54) is 23.4 Å². The molecule has 0 N–H and O–H groups in total. The number of hydrogen-bond donors (Lipinski definition) is 0. The zero-order chi connectivity index (χ0) is 16.9. The minimum Gasteiger partial charge on any atom is -0.315 e. The van der Waals surface area contributed by atoms with Crippen molar-refractivity contribution in [2.45, 2.75) is 39.2 Å². The van der Waals surface area contributed by atoms with Crippen LogP contribution < -0.4 is 0 Å². The monoisotopic (exact) mass is 329 g/mol. The van der Waals surface area contributed by atoms with Crippen LogP contribution in [0.3, 0.4) is 0 Å². The van der Waals surface area contributed by atoms with Crippen molar-refractivity contribution in [3.8, 4) is 11.4 Å². The van der Waals surface area contributed by atoms with Crippen molar-refractivity contribution in [1.82, 2.24) is 25.1 Å². The smallest absolute Gasteiger partial charge is 0.250 e. The van der Waals surface area contributed by atoms with E-state index in [0.717, 1.165) is 25.0 Å². The molecule has 1 aliphatic rings. The number of likely N-dealkylation sites (N-methyl/N-ethyl adjacent to an activating group) is 1. The molecule has 7 heteroatoms. The molecule has 0 unspecified atom stereocenters. The van der Waals surface area contributed by atoms with Crippen LogP contribution in [0.25, 0.3) is 11.4 Å². The number of aromatic nitrogens is 4. The zero-order valence-electron chi connectivity index (χ0n) is 13.7. The largest absolute Gasteiger partial charge is 0.315 e. The van der Waals surface area contributed by atoms with E-state index in [0.29, 0.717) is 17.9 Å². The molecule has 1 aromatic heterocycles. The number of hydrogen-bond acceptors (Lipinski definition) is 4. The van der Waals surface area contributed by atoms with Gasteiger partial charge >= 0.3 is 0 Å². The number of amides is 1. The van der Waals surface area contributed by atoms with Crippen molar-refractivity contribution in [2.24, 2.45) is 0 Å². The van der Waals surface area contributed by atoms with Gasteiger partial charge in [-0.1, -0.05) is 6.08 Å². The van der Waals surface area contributed by atoms with Crippen LogP contribution in [-0.4, -0.2) is 37.6 Å². The Labute approximate surface area is 140 Å². The van der Waals surface area contributed by atoms with Crippen LogP contribution in [0.2, 0.25) is 0 Å². The highest BCUT2D eigenvalue weighted by Crippen LogP contribution is 2.21.